The molecule has 0 spiro atoms. The van der Waals surface area contributed by atoms with Gasteiger partial charge in [-0.25, -0.2) is 4.98 Å². The van der Waals surface area contributed by atoms with E-state index in [9.17, 15) is 14.4 Å². The quantitative estimate of drug-likeness (QED) is 0.356. The summed E-state index contributed by atoms with van der Waals surface area (Å²) in [5.74, 6) is -0.463. The molecule has 0 saturated carbocycles. The number of nitrogen functional groups attached to an aromatic ring is 1. The Labute approximate surface area is 209 Å². The molecule has 2 heterocycles. The zero-order valence-electron chi connectivity index (χ0n) is 20.4. The van der Waals surface area contributed by atoms with Crippen LogP contribution in [0.5, 0.6) is 0 Å². The van der Waals surface area contributed by atoms with Crippen LogP contribution >= 0.6 is 0 Å². The van der Waals surface area contributed by atoms with Crippen molar-refractivity contribution in [1.82, 2.24) is 20.2 Å². The highest BCUT2D eigenvalue weighted by molar-refractivity contribution is 6.01. The van der Waals surface area contributed by atoms with Gasteiger partial charge in [0.25, 0.3) is 5.91 Å². The minimum atomic E-state index is -0.523. The molecule has 0 radical (unpaired) electrons. The number of amides is 2. The first kappa shape index (κ1) is 24.7. The van der Waals surface area contributed by atoms with Crippen molar-refractivity contribution in [1.29, 1.82) is 0 Å². The van der Waals surface area contributed by atoms with Gasteiger partial charge in [0.05, 0.1) is 17.5 Å². The molecule has 0 aliphatic carbocycles. The van der Waals surface area contributed by atoms with Crippen molar-refractivity contribution in [2.24, 2.45) is 0 Å². The van der Waals surface area contributed by atoms with Gasteiger partial charge in [-0.1, -0.05) is 54.6 Å². The van der Waals surface area contributed by atoms with Gasteiger partial charge in [0.15, 0.2) is 0 Å². The molecule has 0 unspecified atom stereocenters. The minimum Gasteiger partial charge on any atom is -0.384 e. The molecule has 8 nitrogen and oxygen atoms in total. The highest BCUT2D eigenvalue weighted by atomic mass is 16.2. The van der Waals surface area contributed by atoms with E-state index in [0.717, 1.165) is 17.5 Å². The van der Waals surface area contributed by atoms with Gasteiger partial charge in [-0.05, 0) is 36.6 Å². The maximum absolute atomic E-state index is 12.9. The van der Waals surface area contributed by atoms with Crippen molar-refractivity contribution in [3.8, 4) is 11.3 Å². The molecule has 0 aliphatic rings. The van der Waals surface area contributed by atoms with Gasteiger partial charge in [-0.3, -0.25) is 14.4 Å². The van der Waals surface area contributed by atoms with E-state index in [-0.39, 0.29) is 23.7 Å². The molecule has 4 N–H and O–H groups in total. The van der Waals surface area contributed by atoms with Crippen molar-refractivity contribution in [2.45, 2.75) is 26.3 Å². The molecule has 0 aliphatic heterocycles. The Morgan fingerprint density at radius 1 is 0.972 bits per heavy atom. The first-order chi connectivity index (χ1) is 17.4. The maximum Gasteiger partial charge on any atom is 0.258 e. The lowest BCUT2D eigenvalue weighted by Crippen LogP contribution is -2.30. The zero-order valence-corrected chi connectivity index (χ0v) is 20.4. The second-order valence-electron chi connectivity index (χ2n) is 8.44. The van der Waals surface area contributed by atoms with Gasteiger partial charge in [-0.2, -0.15) is 0 Å². The smallest absolute Gasteiger partial charge is 0.258 e. The van der Waals surface area contributed by atoms with Gasteiger partial charge in [0, 0.05) is 25.7 Å². The Kier molecular flexibility index (Phi) is 7.44. The number of anilines is 1. The third kappa shape index (κ3) is 5.12. The SMILES string of the molecule is CCn1c(N)c(C(=O)NC)c(=O)c2ccc(-c3ccc(CC(=O)NCCc4ccccc4)cc3)nc21. The summed E-state index contributed by atoms with van der Waals surface area (Å²) in [7, 11) is 1.46. The summed E-state index contributed by atoms with van der Waals surface area (Å²) in [5, 5.41) is 5.77. The van der Waals surface area contributed by atoms with E-state index in [4.69, 9.17) is 10.7 Å². The number of nitrogens with one attached hydrogen (secondary N) is 2. The average Bonchev–Trinajstić information content (AvgIpc) is 2.89. The van der Waals surface area contributed by atoms with Crippen molar-refractivity contribution >= 4 is 28.7 Å². The number of hydrogen-bond acceptors (Lipinski definition) is 5. The van der Waals surface area contributed by atoms with Crippen LogP contribution in [0.4, 0.5) is 5.82 Å². The van der Waals surface area contributed by atoms with Crippen LogP contribution in [-0.4, -0.2) is 35.0 Å². The largest absolute Gasteiger partial charge is 0.384 e. The summed E-state index contributed by atoms with van der Waals surface area (Å²) >= 11 is 0. The highest BCUT2D eigenvalue weighted by Crippen LogP contribution is 2.23. The van der Waals surface area contributed by atoms with E-state index < -0.39 is 11.3 Å². The second-order valence-corrected chi connectivity index (χ2v) is 8.44. The first-order valence-electron chi connectivity index (χ1n) is 11.9. The van der Waals surface area contributed by atoms with Crippen molar-refractivity contribution in [3.63, 3.8) is 0 Å². The van der Waals surface area contributed by atoms with Crippen LogP contribution in [0.15, 0.2) is 71.5 Å². The molecule has 0 atom stereocenters. The van der Waals surface area contributed by atoms with Crippen LogP contribution in [-0.2, 0) is 24.2 Å². The van der Waals surface area contributed by atoms with E-state index in [1.54, 1.807) is 16.7 Å². The summed E-state index contributed by atoms with van der Waals surface area (Å²) in [6.07, 6.45) is 1.07. The maximum atomic E-state index is 12.9. The molecule has 2 amide bonds. The minimum absolute atomic E-state index is 0.0307. The average molecular weight is 484 g/mol. The lowest BCUT2D eigenvalue weighted by molar-refractivity contribution is -0.120. The Bertz CT molecular complexity index is 1460. The number of hydrogen-bond donors (Lipinski definition) is 3. The molecule has 4 rings (SSSR count). The number of carbonyl (C=O) groups excluding carboxylic acids is 2. The fraction of sp³-hybridized carbons (Fsp3) is 0.214. The van der Waals surface area contributed by atoms with Crippen molar-refractivity contribution in [3.05, 3.63) is 93.6 Å². The Morgan fingerprint density at radius 3 is 2.36 bits per heavy atom. The number of aryl methyl sites for hydroxylation is 1. The number of carbonyl (C=O) groups is 2. The van der Waals surface area contributed by atoms with Gasteiger partial charge in [-0.15, -0.1) is 0 Å². The Morgan fingerprint density at radius 2 is 1.69 bits per heavy atom. The Hall–Kier alpha value is -4.46. The van der Waals surface area contributed by atoms with Crippen LogP contribution in [0.2, 0.25) is 0 Å². The molecule has 2 aromatic carbocycles. The molecule has 36 heavy (non-hydrogen) atoms. The second kappa shape index (κ2) is 10.9. The van der Waals surface area contributed by atoms with Crippen molar-refractivity contribution in [2.75, 3.05) is 19.3 Å². The van der Waals surface area contributed by atoms with E-state index in [2.05, 4.69) is 10.6 Å². The monoisotopic (exact) mass is 483 g/mol. The standard InChI is InChI=1S/C28H29N5O3/c1-3-33-26(29)24(28(36)30-2)25(35)21-13-14-22(32-27(21)33)20-11-9-19(10-12-20)17-23(34)31-16-15-18-7-5-4-6-8-18/h4-14H,3,15-17,29H2,1-2H3,(H,30,36)(H,31,34). The number of nitrogens with two attached hydrogens (primary N) is 1. The molecule has 0 saturated heterocycles. The first-order valence-corrected chi connectivity index (χ1v) is 11.9. The molecule has 0 fully saturated rings. The zero-order chi connectivity index (χ0) is 25.7. The normalized spacial score (nSPS) is 10.8. The highest BCUT2D eigenvalue weighted by Gasteiger charge is 2.20. The number of rotatable bonds is 8. The lowest BCUT2D eigenvalue weighted by atomic mass is 10.1. The summed E-state index contributed by atoms with van der Waals surface area (Å²) in [6, 6.07) is 21.0. The number of fused-ring (bicyclic) bond motifs is 1. The van der Waals surface area contributed by atoms with Crippen LogP contribution in [0.3, 0.4) is 0 Å². The summed E-state index contributed by atoms with van der Waals surface area (Å²) in [5.41, 5.74) is 9.67. The molecule has 4 aromatic rings. The summed E-state index contributed by atoms with van der Waals surface area (Å²) in [6.45, 7) is 2.91. The van der Waals surface area contributed by atoms with Gasteiger partial charge in [0.1, 0.15) is 17.0 Å². The van der Waals surface area contributed by atoms with E-state index in [0.29, 0.717) is 29.8 Å². The van der Waals surface area contributed by atoms with E-state index in [1.807, 2.05) is 61.5 Å². The Balaban J connectivity index is 1.51. The molecule has 8 heteroatoms. The van der Waals surface area contributed by atoms with Gasteiger partial charge >= 0.3 is 0 Å². The topological polar surface area (TPSA) is 119 Å². The predicted molar refractivity (Wildman–Crippen MR) is 142 cm³/mol. The van der Waals surface area contributed by atoms with E-state index >= 15 is 0 Å². The molecular formula is C28H29N5O3. The van der Waals surface area contributed by atoms with Gasteiger partial charge < -0.3 is 20.9 Å². The fourth-order valence-electron chi connectivity index (χ4n) is 4.19. The summed E-state index contributed by atoms with van der Waals surface area (Å²) < 4.78 is 1.67. The summed E-state index contributed by atoms with van der Waals surface area (Å²) in [4.78, 5) is 42.2. The molecule has 184 valence electrons. The lowest BCUT2D eigenvalue weighted by Gasteiger charge is -2.15. The fourth-order valence-corrected chi connectivity index (χ4v) is 4.19. The number of nitrogens with zero attached hydrogens (tertiary/aromatic N) is 2. The van der Waals surface area contributed by atoms with Crippen LogP contribution in [0.25, 0.3) is 22.3 Å². The van der Waals surface area contributed by atoms with Crippen molar-refractivity contribution < 1.29 is 9.59 Å². The third-order valence-electron chi connectivity index (χ3n) is 6.11. The predicted octanol–water partition coefficient (Wildman–Crippen LogP) is 2.93. The number of pyridine rings is 2. The van der Waals surface area contributed by atoms with Crippen LogP contribution < -0.4 is 21.8 Å². The molecule has 2 aromatic heterocycles. The van der Waals surface area contributed by atoms with Crippen LogP contribution in [0, 0.1) is 0 Å². The molecular weight excluding hydrogens is 454 g/mol. The third-order valence-corrected chi connectivity index (χ3v) is 6.11. The van der Waals surface area contributed by atoms with Crippen LogP contribution in [0.1, 0.15) is 28.4 Å². The number of aromatic nitrogens is 2. The van der Waals surface area contributed by atoms with Gasteiger partial charge in [0.2, 0.25) is 11.3 Å². The molecule has 0 bridgehead atoms. The number of benzene rings is 2. The van der Waals surface area contributed by atoms with E-state index in [1.165, 1.54) is 12.6 Å².